The fraction of sp³-hybridized carbons (Fsp3) is 0.274. The summed E-state index contributed by atoms with van der Waals surface area (Å²) in [5.74, 6) is 0. The molecule has 0 fully saturated rings. The van der Waals surface area contributed by atoms with E-state index in [0.29, 0.717) is 0 Å². The maximum Gasteiger partial charge on any atom is 0.0297 e. The zero-order valence-electron chi connectivity index (χ0n) is 84.4. The Bertz CT molecular complexity index is 5870. The van der Waals surface area contributed by atoms with Gasteiger partial charge in [0, 0.05) is 84.1 Å². The van der Waals surface area contributed by atoms with Crippen LogP contribution in [0.5, 0.6) is 0 Å². The van der Waals surface area contributed by atoms with Crippen molar-refractivity contribution in [3.8, 4) is 44.5 Å². The quantitative estimate of drug-likeness (QED) is 0.140. The number of benzene rings is 15. The van der Waals surface area contributed by atoms with Crippen molar-refractivity contribution < 1.29 is 0 Å². The van der Waals surface area contributed by atoms with Gasteiger partial charge in [-0.3, -0.25) is 0 Å². The molecular weight excluding hydrogens is 2380 g/mol. The molecule has 0 spiro atoms. The molecule has 0 amide bonds. The summed E-state index contributed by atoms with van der Waals surface area (Å²) in [5, 5.41) is 0. The van der Waals surface area contributed by atoms with E-state index in [1.165, 1.54) is 246 Å². The maximum absolute atomic E-state index is 3.82. The van der Waals surface area contributed by atoms with Crippen LogP contribution >= 0.6 is 165 Å². The van der Waals surface area contributed by atoms with Crippen LogP contribution in [-0.4, -0.2) is 0 Å². The van der Waals surface area contributed by atoms with Crippen LogP contribution in [0.1, 0.15) is 198 Å². The van der Waals surface area contributed by atoms with Crippen molar-refractivity contribution in [3.05, 3.63) is 468 Å². The Morgan fingerprint density at radius 1 is 0.179 bits per heavy atom. The number of rotatable bonds is 7. The molecule has 0 aliphatic rings. The van der Waals surface area contributed by atoms with Gasteiger partial charge in [-0.15, -0.1) is 0 Å². The van der Waals surface area contributed by atoms with E-state index in [9.17, 15) is 0 Å². The molecule has 0 N–H and O–H groups in total. The molecule has 15 rings (SSSR count). The van der Waals surface area contributed by atoms with Crippen LogP contribution < -0.4 is 0 Å². The van der Waals surface area contributed by atoms with E-state index < -0.39 is 0 Å². The van der Waals surface area contributed by atoms with Gasteiger partial charge in [0.2, 0.25) is 0 Å². The summed E-state index contributed by atoms with van der Waals surface area (Å²) in [7, 11) is 0. The molecule has 0 aromatic heterocycles. The summed E-state index contributed by atoms with van der Waals surface area (Å²) in [6.07, 6.45) is 2.11. The van der Waals surface area contributed by atoms with Gasteiger partial charge in [0.1, 0.15) is 0 Å². The topological polar surface area (TPSA) is 0 Å². The van der Waals surface area contributed by atoms with Crippen molar-refractivity contribution >= 4 is 165 Å². The lowest BCUT2D eigenvalue weighted by molar-refractivity contribution is 1.12. The lowest BCUT2D eigenvalue weighted by atomic mass is 9.92. The molecule has 0 saturated heterocycles. The molecule has 0 aliphatic heterocycles. The Hall–Kier alpha value is -6.40. The molecule has 0 aliphatic carbocycles. The summed E-state index contributed by atoms with van der Waals surface area (Å²) >= 11 is 33.5. The summed E-state index contributed by atoms with van der Waals surface area (Å²) < 4.78 is 9.28. The molecule has 10 heteroatoms. The normalized spacial score (nSPS) is 10.1. The van der Waals surface area contributed by atoms with Gasteiger partial charge in [0.25, 0.3) is 0 Å². The van der Waals surface area contributed by atoms with Crippen LogP contribution in [0.25, 0.3) is 44.5 Å². The minimum Gasteiger partial charge on any atom is -0.0776 e. The third-order valence-electron chi connectivity index (χ3n) is 24.5. The smallest absolute Gasteiger partial charge is 0.0297 e. The van der Waals surface area contributed by atoms with Crippen molar-refractivity contribution in [2.24, 2.45) is 0 Å². The van der Waals surface area contributed by atoms with Crippen LogP contribution in [0, 0.1) is 208 Å². The highest BCUT2D eigenvalue weighted by Gasteiger charge is 2.24. The van der Waals surface area contributed by atoms with Gasteiger partial charge in [-0.2, -0.15) is 0 Å². The molecular formula is C124H142Br8I2. The lowest BCUT2D eigenvalue weighted by Gasteiger charge is -2.22. The second-order valence-electron chi connectivity index (χ2n) is 35.5. The van der Waals surface area contributed by atoms with Crippen molar-refractivity contribution in [1.82, 2.24) is 0 Å². The second-order valence-corrected chi connectivity index (χ2v) is 42.1. The largest absolute Gasteiger partial charge is 0.0776 e. The van der Waals surface area contributed by atoms with Gasteiger partial charge < -0.3 is 0 Å². The Morgan fingerprint density at radius 2 is 0.410 bits per heavy atom. The average molecular weight is 2530 g/mol. The van der Waals surface area contributed by atoms with Crippen molar-refractivity contribution in [1.29, 1.82) is 0 Å². The van der Waals surface area contributed by atoms with Gasteiger partial charge in [0.05, 0.1) is 0 Å². The second kappa shape index (κ2) is 59.2. The van der Waals surface area contributed by atoms with Gasteiger partial charge in [-0.25, -0.2) is 0 Å². The van der Waals surface area contributed by atoms with Gasteiger partial charge in [-0.1, -0.05) is 353 Å². The zero-order valence-corrected chi connectivity index (χ0v) is 101. The van der Waals surface area contributed by atoms with E-state index in [1.807, 2.05) is 0 Å². The van der Waals surface area contributed by atoms with E-state index >= 15 is 0 Å². The summed E-state index contributed by atoms with van der Waals surface area (Å²) in [4.78, 5) is 0. The minimum absolute atomic E-state index is 0. The monoisotopic (exact) mass is 2520 g/mol. The van der Waals surface area contributed by atoms with E-state index in [0.717, 1.165) is 30.7 Å². The highest BCUT2D eigenvalue weighted by molar-refractivity contribution is 15.0. The molecule has 0 saturated carbocycles. The highest BCUT2D eigenvalue weighted by atomic mass is 128. The number of aryl methyl sites for hydroxylation is 21. The van der Waals surface area contributed by atoms with Crippen molar-refractivity contribution in [2.45, 2.75) is 235 Å². The van der Waals surface area contributed by atoms with Crippen molar-refractivity contribution in [3.63, 3.8) is 0 Å². The first kappa shape index (κ1) is 120. The fourth-order valence-corrected chi connectivity index (χ4v) is 20.0. The number of hydrogen-bond donors (Lipinski definition) is 0. The van der Waals surface area contributed by atoms with Crippen LogP contribution in [0.15, 0.2) is 285 Å². The number of hydrogen-bond acceptors (Lipinski definition) is 0. The highest BCUT2D eigenvalue weighted by Crippen LogP contribution is 2.49. The molecule has 0 nitrogen and oxygen atoms in total. The summed E-state index contributed by atoms with van der Waals surface area (Å²) in [6.45, 7) is 66.5. The fourth-order valence-electron chi connectivity index (χ4n) is 14.0. The molecule has 0 unspecified atom stereocenters. The molecule has 0 radical (unpaired) electrons. The van der Waals surface area contributed by atoms with Crippen LogP contribution in [0.4, 0.5) is 0 Å². The Labute approximate surface area is 901 Å². The Kier molecular flexibility index (Phi) is 53.0. The van der Waals surface area contributed by atoms with Gasteiger partial charge in [-0.05, 0) is 475 Å². The van der Waals surface area contributed by atoms with Gasteiger partial charge in [0.15, 0.2) is 0 Å². The first-order valence-corrected chi connectivity index (χ1v) is 57.8. The molecule has 0 atom stereocenters. The average Bonchev–Trinajstić information content (AvgIpc) is 0.755. The molecule has 0 bridgehead atoms. The molecule has 15 aromatic rings. The third kappa shape index (κ3) is 38.0. The molecule has 0 heterocycles. The molecule has 15 aromatic carbocycles. The Morgan fingerprint density at radius 3 is 0.664 bits per heavy atom. The van der Waals surface area contributed by atoms with Crippen molar-refractivity contribution in [2.75, 3.05) is 0 Å². The van der Waals surface area contributed by atoms with Crippen LogP contribution in [-0.2, 0) is 12.8 Å². The SMILES string of the molecule is C.CCc1cc(Br)c(C)c(Br)c1.Cc1c(C)c(Br)c(-c2c(Br)c(C)c(C)c(C)c2Br)c(Br)c1C.Cc1cc(-c2cc(C)c(C)c(C)c2)cc(C)c1C.Cc1cc(Br)c(C)c(Br)c1.Cc1ccc(-c2ccc(C)c(C)c2)cc1C.Cc1ccc(-c2ccc(C)cc2)cc1.Cc1ccc(C)c(C)c1.Cc1ccc(C)cc1.Cc1ccc(Cc2ccc(C)cc2)cc1.Cc1cccc(C)c1.II. The first-order valence-electron chi connectivity index (χ1n) is 45.2. The van der Waals surface area contributed by atoms with E-state index in [1.54, 1.807) is 0 Å². The maximum atomic E-state index is 3.82. The number of halogens is 10. The predicted octanol–water partition coefficient (Wildman–Crippen LogP) is 43.4. The Balaban J connectivity index is 0.000000315. The van der Waals surface area contributed by atoms with E-state index in [2.05, 4.69) is 628 Å². The zero-order chi connectivity index (χ0) is 99.7. The van der Waals surface area contributed by atoms with Crippen LogP contribution in [0.3, 0.4) is 0 Å². The third-order valence-corrected chi connectivity index (χ3v) is 31.8. The first-order chi connectivity index (χ1) is 62.6. The van der Waals surface area contributed by atoms with Crippen LogP contribution in [0.2, 0.25) is 0 Å². The summed E-state index contributed by atoms with van der Waals surface area (Å²) in [5.41, 5.74) is 54.4. The summed E-state index contributed by atoms with van der Waals surface area (Å²) in [6, 6.07) is 89.2. The minimum atomic E-state index is 0. The van der Waals surface area contributed by atoms with E-state index in [-0.39, 0.29) is 7.43 Å². The molecule has 708 valence electrons. The predicted molar refractivity (Wildman–Crippen MR) is 643 cm³/mol. The van der Waals surface area contributed by atoms with E-state index in [4.69, 9.17) is 0 Å². The van der Waals surface area contributed by atoms with Gasteiger partial charge >= 0.3 is 0 Å². The molecule has 134 heavy (non-hydrogen) atoms. The standard InChI is InChI=1S/C18H18Br4.C18H22.C16H18.C15H16.C14H14.C9H10Br2.C9H12.C8H8Br2.2C8H10.CH4.I2/c1-7-9(3)15(19)13(16(20)10(7)4)14-17(21)11(5)8(2)12(6)18(14)22;1-11-7-17(8-12(2)15(11)5)18-9-13(3)16(6)14(4)10-18;1-11-5-7-15(9-13(11)3)16-8-6-12(2)14(4)10-16;1-12-3-7-14(8-4-12)11-15-9-5-13(2)6-10-15;1-11-3-7-13(8-4-11)14-9-5-12(2)6-10-14;1-3-7-4-8(10)6(2)9(11)5-7;1-7-4-5-8(2)9(3)6-7;1-5-3-7(9)6(2)8(10)4-5;1-7-3-5-8(2)6-4-7;1-7-4-3-5-8(2)6-7;;1-2/h1-6H3;7-10H,1-6H3;5-10H,1-4H3;3-10H,11H2,1-2H3;3-10H,1-2H3;4-5H,3H2,1-2H3;4-6H,1-3H3;3-4H,1-2H3;2*3-6H,1-2H3;1H4;. The lowest BCUT2D eigenvalue weighted by Crippen LogP contribution is -1.99.